The molecule has 0 heterocycles. The van der Waals surface area contributed by atoms with Gasteiger partial charge in [-0.15, -0.1) is 0 Å². The van der Waals surface area contributed by atoms with Gasteiger partial charge in [0.15, 0.2) is 0 Å². The summed E-state index contributed by atoms with van der Waals surface area (Å²) >= 11 is 0. The van der Waals surface area contributed by atoms with Crippen LogP contribution in [-0.4, -0.2) is 17.0 Å². The van der Waals surface area contributed by atoms with Gasteiger partial charge in [0.25, 0.3) is 0 Å². The minimum atomic E-state index is -0.853. The molecule has 0 aliphatic heterocycles. The third-order valence-corrected chi connectivity index (χ3v) is 3.63. The fraction of sp³-hybridized carbons (Fsp3) is 0.467. The fourth-order valence-electron chi connectivity index (χ4n) is 2.29. The first-order valence-electron chi connectivity index (χ1n) is 6.70. The van der Waals surface area contributed by atoms with Crippen LogP contribution in [0.1, 0.15) is 36.8 Å². The summed E-state index contributed by atoms with van der Waals surface area (Å²) in [6.45, 7) is 0.412. The molecule has 1 saturated carbocycles. The van der Waals surface area contributed by atoms with E-state index in [0.717, 1.165) is 24.0 Å². The molecule has 102 valence electrons. The van der Waals surface area contributed by atoms with Crippen LogP contribution in [0, 0.1) is 5.92 Å². The lowest BCUT2D eigenvalue weighted by Gasteiger charge is -2.24. The molecule has 1 aliphatic rings. The summed E-state index contributed by atoms with van der Waals surface area (Å²) in [5.41, 5.74) is 1.64. The number of carbonyl (C=O) groups excluding carboxylic acids is 1. The summed E-state index contributed by atoms with van der Waals surface area (Å²) < 4.78 is 0. The van der Waals surface area contributed by atoms with Gasteiger partial charge in [-0.05, 0) is 29.9 Å². The lowest BCUT2D eigenvalue weighted by atomic mass is 9.83. The maximum Gasteiger partial charge on any atom is 0.307 e. The second-order valence-corrected chi connectivity index (χ2v) is 5.12. The quantitative estimate of drug-likeness (QED) is 0.824. The van der Waals surface area contributed by atoms with Crippen LogP contribution in [0.5, 0.6) is 0 Å². The van der Waals surface area contributed by atoms with E-state index in [0.29, 0.717) is 18.9 Å². The van der Waals surface area contributed by atoms with Gasteiger partial charge in [0.1, 0.15) is 0 Å². The van der Waals surface area contributed by atoms with Gasteiger partial charge in [0, 0.05) is 13.0 Å². The SMILES string of the molecule is O=C(O)Cc1ccccc1CNC(=O)CC1CCC1. The molecule has 2 N–H and O–H groups in total. The van der Waals surface area contributed by atoms with Gasteiger partial charge < -0.3 is 10.4 Å². The molecule has 19 heavy (non-hydrogen) atoms. The van der Waals surface area contributed by atoms with Crippen LogP contribution >= 0.6 is 0 Å². The topological polar surface area (TPSA) is 66.4 Å². The molecule has 1 amide bonds. The largest absolute Gasteiger partial charge is 0.481 e. The van der Waals surface area contributed by atoms with Crippen molar-refractivity contribution >= 4 is 11.9 Å². The Morgan fingerprint density at radius 3 is 2.47 bits per heavy atom. The Hall–Kier alpha value is -1.84. The van der Waals surface area contributed by atoms with Crippen molar-refractivity contribution in [2.75, 3.05) is 0 Å². The molecule has 0 spiro atoms. The average Bonchev–Trinajstić information content (AvgIpc) is 2.32. The first-order valence-corrected chi connectivity index (χ1v) is 6.70. The van der Waals surface area contributed by atoms with Gasteiger partial charge in [-0.25, -0.2) is 0 Å². The number of hydrogen-bond acceptors (Lipinski definition) is 2. The summed E-state index contributed by atoms with van der Waals surface area (Å²) in [4.78, 5) is 22.5. The van der Waals surface area contributed by atoms with Crippen molar-refractivity contribution in [1.29, 1.82) is 0 Å². The molecule has 2 rings (SSSR count). The zero-order valence-electron chi connectivity index (χ0n) is 10.9. The number of aliphatic carboxylic acids is 1. The molecule has 0 radical (unpaired) electrons. The van der Waals surface area contributed by atoms with Gasteiger partial charge in [0.05, 0.1) is 6.42 Å². The minimum absolute atomic E-state index is 0.00529. The highest BCUT2D eigenvalue weighted by Crippen LogP contribution is 2.29. The van der Waals surface area contributed by atoms with Crippen molar-refractivity contribution in [3.05, 3.63) is 35.4 Å². The fourth-order valence-corrected chi connectivity index (χ4v) is 2.29. The van der Waals surface area contributed by atoms with Crippen LogP contribution in [0.3, 0.4) is 0 Å². The third kappa shape index (κ3) is 4.09. The maximum absolute atomic E-state index is 11.7. The zero-order chi connectivity index (χ0) is 13.7. The summed E-state index contributed by atoms with van der Waals surface area (Å²) in [5, 5.41) is 11.7. The van der Waals surface area contributed by atoms with E-state index >= 15 is 0 Å². The predicted octanol–water partition coefficient (Wildman–Crippen LogP) is 2.12. The molecule has 4 heteroatoms. The molecule has 1 aliphatic carbocycles. The highest BCUT2D eigenvalue weighted by Gasteiger charge is 2.20. The highest BCUT2D eigenvalue weighted by molar-refractivity contribution is 5.76. The third-order valence-electron chi connectivity index (χ3n) is 3.63. The molecule has 4 nitrogen and oxygen atoms in total. The lowest BCUT2D eigenvalue weighted by Crippen LogP contribution is -2.27. The zero-order valence-corrected chi connectivity index (χ0v) is 10.9. The van der Waals surface area contributed by atoms with E-state index in [1.807, 2.05) is 18.2 Å². The predicted molar refractivity (Wildman–Crippen MR) is 71.6 cm³/mol. The van der Waals surface area contributed by atoms with E-state index in [9.17, 15) is 9.59 Å². The number of hydrogen-bond donors (Lipinski definition) is 2. The number of nitrogens with one attached hydrogen (secondary N) is 1. The van der Waals surface area contributed by atoms with Crippen molar-refractivity contribution in [1.82, 2.24) is 5.32 Å². The van der Waals surface area contributed by atoms with Gasteiger partial charge in [-0.3, -0.25) is 9.59 Å². The summed E-state index contributed by atoms with van der Waals surface area (Å²) in [5.74, 6) is -0.239. The second-order valence-electron chi connectivity index (χ2n) is 5.12. The van der Waals surface area contributed by atoms with Crippen molar-refractivity contribution < 1.29 is 14.7 Å². The monoisotopic (exact) mass is 261 g/mol. The molecule has 1 aromatic rings. The second kappa shape index (κ2) is 6.36. The molecule has 0 unspecified atom stereocenters. The van der Waals surface area contributed by atoms with Gasteiger partial charge in [0.2, 0.25) is 5.91 Å². The molecule has 0 bridgehead atoms. The first kappa shape index (κ1) is 13.6. The smallest absolute Gasteiger partial charge is 0.307 e. The van der Waals surface area contributed by atoms with Crippen LogP contribution in [0.2, 0.25) is 0 Å². The van der Waals surface area contributed by atoms with Gasteiger partial charge in [-0.2, -0.15) is 0 Å². The minimum Gasteiger partial charge on any atom is -0.481 e. The molecule has 1 aromatic carbocycles. The lowest BCUT2D eigenvalue weighted by molar-refractivity contribution is -0.136. The Kier molecular flexibility index (Phi) is 4.55. The van der Waals surface area contributed by atoms with Crippen LogP contribution < -0.4 is 5.32 Å². The van der Waals surface area contributed by atoms with Crippen molar-refractivity contribution in [3.8, 4) is 0 Å². The van der Waals surface area contributed by atoms with Crippen molar-refractivity contribution in [2.45, 2.75) is 38.6 Å². The van der Waals surface area contributed by atoms with Crippen molar-refractivity contribution in [3.63, 3.8) is 0 Å². The summed E-state index contributed by atoms with van der Waals surface area (Å²) in [6, 6.07) is 7.33. The molecular formula is C15H19NO3. The van der Waals surface area contributed by atoms with E-state index < -0.39 is 5.97 Å². The summed E-state index contributed by atoms with van der Waals surface area (Å²) in [7, 11) is 0. The Balaban J connectivity index is 1.87. The summed E-state index contributed by atoms with van der Waals surface area (Å²) in [6.07, 6.45) is 4.14. The average molecular weight is 261 g/mol. The normalized spacial score (nSPS) is 14.7. The molecule has 1 fully saturated rings. The van der Waals surface area contributed by atoms with Gasteiger partial charge in [-0.1, -0.05) is 30.7 Å². The molecular weight excluding hydrogens is 242 g/mol. The number of carboxylic acids is 1. The first-order chi connectivity index (χ1) is 9.15. The van der Waals surface area contributed by atoms with E-state index in [1.165, 1.54) is 6.42 Å². The molecule has 0 saturated heterocycles. The van der Waals surface area contributed by atoms with Crippen LogP contribution in [0.4, 0.5) is 0 Å². The van der Waals surface area contributed by atoms with E-state index in [2.05, 4.69) is 5.32 Å². The number of rotatable bonds is 6. The van der Waals surface area contributed by atoms with Crippen molar-refractivity contribution in [2.24, 2.45) is 5.92 Å². The van der Waals surface area contributed by atoms with Gasteiger partial charge >= 0.3 is 5.97 Å². The number of carbonyl (C=O) groups is 2. The molecule has 0 aromatic heterocycles. The number of amides is 1. The number of carboxylic acid groups (broad SMARTS) is 1. The molecule has 0 atom stereocenters. The van der Waals surface area contributed by atoms with Crippen LogP contribution in [-0.2, 0) is 22.6 Å². The Morgan fingerprint density at radius 1 is 1.21 bits per heavy atom. The van der Waals surface area contributed by atoms with Crippen LogP contribution in [0.25, 0.3) is 0 Å². The highest BCUT2D eigenvalue weighted by atomic mass is 16.4. The van der Waals surface area contributed by atoms with Crippen LogP contribution in [0.15, 0.2) is 24.3 Å². The maximum atomic E-state index is 11.7. The Bertz CT molecular complexity index is 466. The van der Waals surface area contributed by atoms with E-state index in [-0.39, 0.29) is 12.3 Å². The Labute approximate surface area is 112 Å². The van der Waals surface area contributed by atoms with E-state index in [1.54, 1.807) is 6.07 Å². The van der Waals surface area contributed by atoms with E-state index in [4.69, 9.17) is 5.11 Å². The number of benzene rings is 1. The standard InChI is InChI=1S/C15H19NO3/c17-14(8-11-4-3-5-11)16-10-13-7-2-1-6-12(13)9-15(18)19/h1-2,6-7,11H,3-5,8-10H2,(H,16,17)(H,18,19). The Morgan fingerprint density at radius 2 is 1.89 bits per heavy atom.